The summed E-state index contributed by atoms with van der Waals surface area (Å²) < 4.78 is 31.0. The Morgan fingerprint density at radius 1 is 0.855 bits per heavy atom. The first kappa shape index (κ1) is 42.3. The van der Waals surface area contributed by atoms with Crippen molar-refractivity contribution in [1.82, 2.24) is 10.2 Å². The van der Waals surface area contributed by atoms with Crippen molar-refractivity contribution in [3.63, 3.8) is 0 Å². The summed E-state index contributed by atoms with van der Waals surface area (Å²) in [5.74, 6) is 3.60. The number of rotatable bonds is 12. The molecular weight excluding hydrogens is 729 g/mol. The summed E-state index contributed by atoms with van der Waals surface area (Å²) in [6, 6.07) is 0.381. The Morgan fingerprint density at radius 2 is 1.55 bits per heavy atom. The highest BCUT2D eigenvalue weighted by molar-refractivity contribution is 7.98. The molecule has 10 heteroatoms. The van der Waals surface area contributed by atoms with E-state index < -0.39 is 21.2 Å². The number of hydrogen-bond acceptors (Lipinski definition) is 8. The van der Waals surface area contributed by atoms with Gasteiger partial charge in [0.15, 0.2) is 9.84 Å². The predicted molar refractivity (Wildman–Crippen MR) is 223 cm³/mol. The smallest absolute Gasteiger partial charge is 0.309 e. The van der Waals surface area contributed by atoms with Crippen LogP contribution in [0.2, 0.25) is 0 Å². The van der Waals surface area contributed by atoms with E-state index in [1.54, 1.807) is 13.8 Å². The fraction of sp³-hybridized carbons (Fsp3) is 0.956. The van der Waals surface area contributed by atoms with Crippen molar-refractivity contribution in [3.05, 3.63) is 0 Å². The molecule has 0 amide bonds. The molecule has 0 aromatic rings. The van der Waals surface area contributed by atoms with Crippen molar-refractivity contribution >= 4 is 33.5 Å². The van der Waals surface area contributed by atoms with Gasteiger partial charge in [0.05, 0.1) is 23.3 Å². The van der Waals surface area contributed by atoms with Crippen molar-refractivity contribution in [3.8, 4) is 0 Å². The highest BCUT2D eigenvalue weighted by Gasteiger charge is 2.72. The van der Waals surface area contributed by atoms with Gasteiger partial charge >= 0.3 is 11.9 Å². The summed E-state index contributed by atoms with van der Waals surface area (Å²) in [5.41, 5.74) is 0.0189. The SMILES string of the molecule is CSCCC(CN[C@]12CC[C@@H](C3(C)CC3)[C@@H]1[C@H]1CC[C@@H]3[C@@]4(C)CC[C@H](OC(=O)CC(C)(C)C(=O)O)C(C)(C)[C@@H]4CC[C@@]3(C)[C@]1(C)CC2)N1CCS(=O)(=O)CC1. The standard InChI is InChI=1S/C45H76N2O6S2/c1-39(2,38(49)50)28-36(48)53-35-14-16-42(6)33(40(35,3)4)13-17-44(8)34(42)11-10-32-37-31(41(5)19-20-41)12-18-45(37,22-21-43(32,44)7)46-29-30(15-25-54-9)47-23-26-55(51,52)27-24-47/h30-35,37,46H,10-29H2,1-9H3,(H,49,50)/t30?,31-,32-,33+,34-,35+,37-,42+,43-,44-,45+/m1/s1. The molecule has 1 aliphatic heterocycles. The third kappa shape index (κ3) is 7.08. The number of nitrogens with zero attached hydrogens (tertiary/aromatic N) is 1. The first-order valence-electron chi connectivity index (χ1n) is 22.2. The zero-order chi connectivity index (χ0) is 40.0. The van der Waals surface area contributed by atoms with Crippen LogP contribution in [-0.4, -0.2) is 91.2 Å². The monoisotopic (exact) mass is 805 g/mol. The van der Waals surface area contributed by atoms with Gasteiger partial charge in [-0.25, -0.2) is 8.42 Å². The van der Waals surface area contributed by atoms with Crippen LogP contribution in [0.1, 0.15) is 145 Å². The van der Waals surface area contributed by atoms with Crippen LogP contribution in [0.15, 0.2) is 0 Å². The summed E-state index contributed by atoms with van der Waals surface area (Å²) in [5, 5.41) is 14.1. The Balaban J connectivity index is 1.12. The molecular formula is C45H76N2O6S2. The Labute approximate surface area is 338 Å². The van der Waals surface area contributed by atoms with E-state index in [2.05, 4.69) is 58.0 Å². The molecule has 7 rings (SSSR count). The minimum absolute atomic E-state index is 0.101. The first-order chi connectivity index (χ1) is 25.6. The Morgan fingerprint density at radius 3 is 2.18 bits per heavy atom. The minimum Gasteiger partial charge on any atom is -0.481 e. The van der Waals surface area contributed by atoms with E-state index in [-0.39, 0.29) is 45.7 Å². The molecule has 1 heterocycles. The summed E-state index contributed by atoms with van der Waals surface area (Å²) in [6.45, 7) is 20.9. The van der Waals surface area contributed by atoms with Crippen molar-refractivity contribution in [1.29, 1.82) is 0 Å². The number of fused-ring (bicyclic) bond motifs is 7. The third-order valence-electron chi connectivity index (χ3n) is 19.0. The minimum atomic E-state index is -2.91. The maximum absolute atomic E-state index is 13.2. The van der Waals surface area contributed by atoms with Crippen LogP contribution < -0.4 is 5.32 Å². The average molecular weight is 805 g/mol. The van der Waals surface area contributed by atoms with Gasteiger partial charge in [-0.3, -0.25) is 14.5 Å². The number of ether oxygens (including phenoxy) is 1. The van der Waals surface area contributed by atoms with E-state index >= 15 is 0 Å². The molecule has 0 radical (unpaired) electrons. The quantitative estimate of drug-likeness (QED) is 0.188. The molecule has 2 N–H and O–H groups in total. The number of carboxylic acids is 1. The number of aliphatic carboxylic acids is 1. The van der Waals surface area contributed by atoms with Crippen LogP contribution >= 0.6 is 11.8 Å². The molecule has 0 spiro atoms. The normalized spacial score (nSPS) is 43.6. The van der Waals surface area contributed by atoms with Crippen LogP contribution in [0.4, 0.5) is 0 Å². The van der Waals surface area contributed by atoms with Crippen molar-refractivity contribution in [2.45, 2.75) is 163 Å². The molecule has 7 fully saturated rings. The highest BCUT2D eigenvalue weighted by Crippen LogP contribution is 2.77. The zero-order valence-corrected chi connectivity index (χ0v) is 37.6. The molecule has 1 saturated heterocycles. The van der Waals surface area contributed by atoms with E-state index in [1.807, 2.05) is 11.8 Å². The van der Waals surface area contributed by atoms with E-state index in [4.69, 9.17) is 4.74 Å². The fourth-order valence-electron chi connectivity index (χ4n) is 15.2. The number of carboxylic acid groups (broad SMARTS) is 1. The van der Waals surface area contributed by atoms with Gasteiger partial charge in [0.1, 0.15) is 6.10 Å². The largest absolute Gasteiger partial charge is 0.481 e. The van der Waals surface area contributed by atoms with Gasteiger partial charge in [0.2, 0.25) is 0 Å². The number of sulfone groups is 1. The van der Waals surface area contributed by atoms with Gasteiger partial charge < -0.3 is 15.2 Å². The lowest BCUT2D eigenvalue weighted by Crippen LogP contribution is -2.69. The number of esters is 1. The van der Waals surface area contributed by atoms with E-state index in [9.17, 15) is 23.1 Å². The number of nitrogens with one attached hydrogen (secondary N) is 1. The third-order valence-corrected chi connectivity index (χ3v) is 21.2. The molecule has 1 unspecified atom stereocenters. The lowest BCUT2D eigenvalue weighted by atomic mass is 9.32. The van der Waals surface area contributed by atoms with Gasteiger partial charge in [-0.1, -0.05) is 41.5 Å². The molecule has 11 atom stereocenters. The van der Waals surface area contributed by atoms with Crippen molar-refractivity contribution in [2.75, 3.05) is 43.1 Å². The van der Waals surface area contributed by atoms with Crippen molar-refractivity contribution in [2.24, 2.45) is 62.1 Å². The number of carbonyl (C=O) groups excluding carboxylic acids is 1. The molecule has 0 aromatic heterocycles. The Hall–Kier alpha value is -0.840. The Kier molecular flexibility index (Phi) is 11.1. The fourth-order valence-corrected chi connectivity index (χ4v) is 16.9. The lowest BCUT2D eigenvalue weighted by molar-refractivity contribution is -0.248. The zero-order valence-electron chi connectivity index (χ0n) is 35.9. The van der Waals surface area contributed by atoms with E-state index in [0.717, 1.165) is 43.9 Å². The molecule has 314 valence electrons. The summed E-state index contributed by atoms with van der Waals surface area (Å²) >= 11 is 1.91. The van der Waals surface area contributed by atoms with Crippen LogP contribution in [0.5, 0.6) is 0 Å². The molecule has 6 aliphatic carbocycles. The molecule has 0 bridgehead atoms. The number of thioether (sulfide) groups is 1. The predicted octanol–water partition coefficient (Wildman–Crippen LogP) is 8.47. The molecule has 6 saturated carbocycles. The van der Waals surface area contributed by atoms with Crippen LogP contribution in [0.3, 0.4) is 0 Å². The summed E-state index contributed by atoms with van der Waals surface area (Å²) in [7, 11) is -2.91. The van der Waals surface area contributed by atoms with Crippen LogP contribution in [0, 0.1) is 62.1 Å². The van der Waals surface area contributed by atoms with Crippen molar-refractivity contribution < 1.29 is 27.9 Å². The first-order valence-corrected chi connectivity index (χ1v) is 25.4. The molecule has 8 nitrogen and oxygen atoms in total. The second-order valence-electron chi connectivity index (χ2n) is 22.4. The van der Waals surface area contributed by atoms with Gasteiger partial charge in [-0.15, -0.1) is 0 Å². The maximum Gasteiger partial charge on any atom is 0.309 e. The topological polar surface area (TPSA) is 113 Å². The molecule has 55 heavy (non-hydrogen) atoms. The Bertz CT molecular complexity index is 1580. The molecule has 0 aromatic carbocycles. The number of hydrogen-bond donors (Lipinski definition) is 2. The van der Waals surface area contributed by atoms with E-state index in [1.165, 1.54) is 57.8 Å². The van der Waals surface area contributed by atoms with Gasteiger partial charge in [-0.2, -0.15) is 11.8 Å². The molecule has 7 aliphatic rings. The lowest BCUT2D eigenvalue weighted by Gasteiger charge is -2.73. The highest BCUT2D eigenvalue weighted by atomic mass is 32.2. The summed E-state index contributed by atoms with van der Waals surface area (Å²) in [6.07, 6.45) is 17.8. The van der Waals surface area contributed by atoms with Gasteiger partial charge in [0.25, 0.3) is 0 Å². The maximum atomic E-state index is 13.2. The van der Waals surface area contributed by atoms with Gasteiger partial charge in [-0.05, 0) is 161 Å². The summed E-state index contributed by atoms with van der Waals surface area (Å²) in [4.78, 5) is 27.5. The van der Waals surface area contributed by atoms with Crippen LogP contribution in [0.25, 0.3) is 0 Å². The number of carbonyl (C=O) groups is 2. The average Bonchev–Trinajstić information content (AvgIpc) is 3.72. The van der Waals surface area contributed by atoms with Crippen LogP contribution in [-0.2, 0) is 24.2 Å². The van der Waals surface area contributed by atoms with Gasteiger partial charge in [0, 0.05) is 36.6 Å². The second-order valence-corrected chi connectivity index (χ2v) is 25.6. The second kappa shape index (κ2) is 14.4. The van der Waals surface area contributed by atoms with E-state index in [0.29, 0.717) is 59.7 Å².